The van der Waals surface area contributed by atoms with Crippen molar-refractivity contribution >= 4 is 0 Å². The molecule has 5 heteroatoms. The maximum absolute atomic E-state index is 5.69. The second-order valence-electron chi connectivity index (χ2n) is 4.35. The fraction of sp³-hybridized carbons (Fsp3) is 0.385. The highest BCUT2D eigenvalue weighted by Gasteiger charge is 2.05. The fourth-order valence-corrected chi connectivity index (χ4v) is 1.63. The molecule has 5 nitrogen and oxygen atoms in total. The summed E-state index contributed by atoms with van der Waals surface area (Å²) in [5, 5.41) is 4.22. The number of aromatic nitrogens is 3. The average Bonchev–Trinajstić information content (AvgIpc) is 2.85. The Morgan fingerprint density at radius 2 is 2.28 bits per heavy atom. The summed E-state index contributed by atoms with van der Waals surface area (Å²) in [7, 11) is 0. The number of nitrogens with zero attached hydrogens (tertiary/aromatic N) is 3. The Balaban J connectivity index is 2.02. The lowest BCUT2D eigenvalue weighted by Crippen LogP contribution is -2.06. The molecule has 2 rings (SSSR count). The number of pyridine rings is 1. The summed E-state index contributed by atoms with van der Waals surface area (Å²) in [4.78, 5) is 4.22. The van der Waals surface area contributed by atoms with E-state index in [2.05, 4.69) is 23.9 Å². The van der Waals surface area contributed by atoms with Crippen LogP contribution in [0.1, 0.15) is 31.1 Å². The molecule has 0 spiro atoms. The molecule has 2 heterocycles. The lowest BCUT2D eigenvalue weighted by atomic mass is 10.2. The van der Waals surface area contributed by atoms with E-state index in [1.165, 1.54) is 0 Å². The molecule has 2 aromatic heterocycles. The van der Waals surface area contributed by atoms with Crippen LogP contribution < -0.4 is 10.5 Å². The van der Waals surface area contributed by atoms with Crippen LogP contribution in [0.5, 0.6) is 5.75 Å². The molecule has 0 amide bonds. The summed E-state index contributed by atoms with van der Waals surface area (Å²) < 4.78 is 7.55. The lowest BCUT2D eigenvalue weighted by molar-refractivity contribution is 0.303. The summed E-state index contributed by atoms with van der Waals surface area (Å²) in [5.41, 5.74) is 7.51. The lowest BCUT2D eigenvalue weighted by Gasteiger charge is -2.07. The van der Waals surface area contributed by atoms with E-state index in [-0.39, 0.29) is 0 Å². The fourth-order valence-electron chi connectivity index (χ4n) is 1.63. The molecule has 0 aliphatic heterocycles. The second-order valence-corrected chi connectivity index (χ2v) is 4.35. The first-order chi connectivity index (χ1) is 8.70. The molecular formula is C13H18N4O. The number of nitrogens with two attached hydrogens (primary N) is 1. The van der Waals surface area contributed by atoms with Gasteiger partial charge >= 0.3 is 0 Å². The minimum atomic E-state index is 0.334. The quantitative estimate of drug-likeness (QED) is 0.875. The summed E-state index contributed by atoms with van der Waals surface area (Å²) in [5.74, 6) is 0.760. The zero-order chi connectivity index (χ0) is 13.0. The van der Waals surface area contributed by atoms with Gasteiger partial charge in [-0.1, -0.05) is 6.07 Å². The summed E-state index contributed by atoms with van der Waals surface area (Å²) in [6.45, 7) is 5.03. The van der Waals surface area contributed by atoms with E-state index in [1.807, 2.05) is 23.0 Å². The molecule has 2 N–H and O–H groups in total. The van der Waals surface area contributed by atoms with Crippen molar-refractivity contribution in [1.29, 1.82) is 0 Å². The molecule has 2 aromatic rings. The van der Waals surface area contributed by atoms with Crippen molar-refractivity contribution in [3.63, 3.8) is 0 Å². The van der Waals surface area contributed by atoms with Crippen molar-refractivity contribution in [3.8, 4) is 5.75 Å². The molecule has 18 heavy (non-hydrogen) atoms. The topological polar surface area (TPSA) is 66.0 Å². The summed E-state index contributed by atoms with van der Waals surface area (Å²) >= 11 is 0. The predicted octanol–water partition coefficient (Wildman–Crippen LogP) is 1.90. The molecule has 0 atom stereocenters. The number of rotatable bonds is 5. The van der Waals surface area contributed by atoms with Crippen LogP contribution in [-0.4, -0.2) is 14.8 Å². The van der Waals surface area contributed by atoms with Crippen LogP contribution in [-0.2, 0) is 13.2 Å². The van der Waals surface area contributed by atoms with Gasteiger partial charge in [-0.3, -0.25) is 9.67 Å². The first-order valence-electron chi connectivity index (χ1n) is 6.00. The highest BCUT2D eigenvalue weighted by Crippen LogP contribution is 2.15. The van der Waals surface area contributed by atoms with Crippen molar-refractivity contribution < 1.29 is 4.74 Å². The maximum atomic E-state index is 5.69. The van der Waals surface area contributed by atoms with Crippen LogP contribution >= 0.6 is 0 Å². The van der Waals surface area contributed by atoms with Gasteiger partial charge in [0.2, 0.25) is 0 Å². The van der Waals surface area contributed by atoms with Crippen molar-refractivity contribution in [2.45, 2.75) is 33.0 Å². The molecule has 0 radical (unpaired) electrons. The van der Waals surface area contributed by atoms with Gasteiger partial charge in [-0.05, 0) is 19.9 Å². The van der Waals surface area contributed by atoms with Crippen LogP contribution in [0, 0.1) is 0 Å². The van der Waals surface area contributed by atoms with Crippen molar-refractivity contribution in [1.82, 2.24) is 14.8 Å². The third-order valence-corrected chi connectivity index (χ3v) is 2.68. The Bertz CT molecular complexity index is 507. The van der Waals surface area contributed by atoms with E-state index in [9.17, 15) is 0 Å². The highest BCUT2D eigenvalue weighted by molar-refractivity contribution is 5.20. The van der Waals surface area contributed by atoms with Crippen LogP contribution in [0.25, 0.3) is 0 Å². The standard InChI is InChI=1S/C13H18N4O/c1-10(2)17-8-12(7-16-17)18-9-11-4-3-5-15-13(11)6-14/h3-5,7-8,10H,6,9,14H2,1-2H3. The normalized spacial score (nSPS) is 10.9. The first-order valence-corrected chi connectivity index (χ1v) is 6.00. The van der Waals surface area contributed by atoms with E-state index in [1.54, 1.807) is 12.4 Å². The van der Waals surface area contributed by atoms with E-state index in [0.717, 1.165) is 17.0 Å². The summed E-state index contributed by atoms with van der Waals surface area (Å²) in [6.07, 6.45) is 5.35. The molecule has 96 valence electrons. The SMILES string of the molecule is CC(C)n1cc(OCc2cccnc2CN)cn1. The molecule has 0 fully saturated rings. The average molecular weight is 246 g/mol. The zero-order valence-corrected chi connectivity index (χ0v) is 10.7. The Morgan fingerprint density at radius 3 is 2.94 bits per heavy atom. The van der Waals surface area contributed by atoms with Crippen molar-refractivity contribution in [3.05, 3.63) is 42.0 Å². The smallest absolute Gasteiger partial charge is 0.157 e. The third-order valence-electron chi connectivity index (χ3n) is 2.68. The van der Waals surface area contributed by atoms with E-state index >= 15 is 0 Å². The second kappa shape index (κ2) is 5.64. The van der Waals surface area contributed by atoms with Crippen LogP contribution in [0.4, 0.5) is 0 Å². The largest absolute Gasteiger partial charge is 0.486 e. The van der Waals surface area contributed by atoms with Gasteiger partial charge in [-0.15, -0.1) is 0 Å². The van der Waals surface area contributed by atoms with Gasteiger partial charge in [0.15, 0.2) is 5.75 Å². The van der Waals surface area contributed by atoms with Gasteiger partial charge < -0.3 is 10.5 Å². The van der Waals surface area contributed by atoms with Gasteiger partial charge in [0.1, 0.15) is 6.61 Å². The van der Waals surface area contributed by atoms with Crippen molar-refractivity contribution in [2.24, 2.45) is 5.73 Å². The molecule has 0 saturated heterocycles. The molecule has 0 aliphatic carbocycles. The number of hydrogen-bond acceptors (Lipinski definition) is 4. The zero-order valence-electron chi connectivity index (χ0n) is 10.7. The minimum Gasteiger partial charge on any atom is -0.486 e. The Kier molecular flexibility index (Phi) is 3.94. The number of hydrogen-bond donors (Lipinski definition) is 1. The van der Waals surface area contributed by atoms with Crippen LogP contribution in [0.15, 0.2) is 30.7 Å². The maximum Gasteiger partial charge on any atom is 0.157 e. The van der Waals surface area contributed by atoms with Crippen LogP contribution in [0.2, 0.25) is 0 Å². The summed E-state index contributed by atoms with van der Waals surface area (Å²) in [6, 6.07) is 4.19. The van der Waals surface area contributed by atoms with Crippen molar-refractivity contribution in [2.75, 3.05) is 0 Å². The molecule has 0 aromatic carbocycles. The van der Waals surface area contributed by atoms with E-state index in [4.69, 9.17) is 10.5 Å². The first kappa shape index (κ1) is 12.6. The Hall–Kier alpha value is -1.88. The Morgan fingerprint density at radius 1 is 1.44 bits per heavy atom. The van der Waals surface area contributed by atoms with E-state index < -0.39 is 0 Å². The third kappa shape index (κ3) is 2.87. The number of ether oxygens (including phenoxy) is 1. The Labute approximate surface area is 107 Å². The van der Waals surface area contributed by atoms with Gasteiger partial charge in [0.05, 0.1) is 18.1 Å². The van der Waals surface area contributed by atoms with E-state index in [0.29, 0.717) is 19.2 Å². The van der Waals surface area contributed by atoms with Gasteiger partial charge in [0.25, 0.3) is 0 Å². The minimum absolute atomic E-state index is 0.334. The monoisotopic (exact) mass is 246 g/mol. The molecule has 0 saturated carbocycles. The van der Waals surface area contributed by atoms with Gasteiger partial charge in [-0.25, -0.2) is 0 Å². The highest BCUT2D eigenvalue weighted by atomic mass is 16.5. The molecule has 0 aliphatic rings. The van der Waals surface area contributed by atoms with Crippen LogP contribution in [0.3, 0.4) is 0 Å². The van der Waals surface area contributed by atoms with Gasteiger partial charge in [0, 0.05) is 24.3 Å². The molecule has 0 unspecified atom stereocenters. The van der Waals surface area contributed by atoms with Gasteiger partial charge in [-0.2, -0.15) is 5.10 Å². The molecule has 0 bridgehead atoms. The molecular weight excluding hydrogens is 228 g/mol. The predicted molar refractivity (Wildman–Crippen MR) is 69.1 cm³/mol.